The van der Waals surface area contributed by atoms with E-state index in [1.807, 2.05) is 19.9 Å². The quantitative estimate of drug-likeness (QED) is 0.562. The van der Waals surface area contributed by atoms with E-state index in [0.29, 0.717) is 36.9 Å². The molecular weight excluding hydrogens is 336 g/mol. The van der Waals surface area contributed by atoms with E-state index < -0.39 is 0 Å². The van der Waals surface area contributed by atoms with Crippen LogP contribution in [0.4, 0.5) is 0 Å². The monoisotopic (exact) mass is 362 g/mol. The number of amides is 1. The molecule has 0 bridgehead atoms. The third-order valence-corrected chi connectivity index (χ3v) is 3.42. The number of hydrogen-bond acceptors (Lipinski definition) is 6. The average molecular weight is 362 g/mol. The van der Waals surface area contributed by atoms with Crippen LogP contribution < -0.4 is 9.47 Å². The zero-order valence-electron chi connectivity index (χ0n) is 15.6. The van der Waals surface area contributed by atoms with Crippen LogP contribution in [0, 0.1) is 11.3 Å². The molecule has 7 nitrogen and oxygen atoms in total. The minimum Gasteiger partial charge on any atom is -0.494 e. The minimum atomic E-state index is -0.375. The lowest BCUT2D eigenvalue weighted by atomic mass is 10.1. The van der Waals surface area contributed by atoms with Gasteiger partial charge in [0.25, 0.3) is 5.91 Å². The number of ether oxygens (including phenoxy) is 3. The van der Waals surface area contributed by atoms with Crippen LogP contribution >= 0.6 is 0 Å². The molecule has 0 spiro atoms. The van der Waals surface area contributed by atoms with Crippen molar-refractivity contribution in [3.05, 3.63) is 23.8 Å². The molecule has 26 heavy (non-hydrogen) atoms. The fourth-order valence-corrected chi connectivity index (χ4v) is 2.34. The first-order valence-corrected chi connectivity index (χ1v) is 8.78. The van der Waals surface area contributed by atoms with Gasteiger partial charge in [-0.25, -0.2) is 0 Å². The zero-order chi connectivity index (χ0) is 19.4. The van der Waals surface area contributed by atoms with Gasteiger partial charge < -0.3 is 19.1 Å². The molecule has 0 aliphatic rings. The number of hydrogen-bond donors (Lipinski definition) is 0. The van der Waals surface area contributed by atoms with E-state index in [-0.39, 0.29) is 37.8 Å². The Hall–Kier alpha value is -2.75. The molecule has 0 aliphatic carbocycles. The van der Waals surface area contributed by atoms with E-state index in [1.54, 1.807) is 25.1 Å². The second kappa shape index (κ2) is 11.7. The lowest BCUT2D eigenvalue weighted by Gasteiger charge is -2.22. The highest BCUT2D eigenvalue weighted by Crippen LogP contribution is 2.24. The van der Waals surface area contributed by atoms with Gasteiger partial charge in [-0.05, 0) is 32.9 Å². The second-order valence-electron chi connectivity index (χ2n) is 5.31. The Morgan fingerprint density at radius 3 is 2.12 bits per heavy atom. The number of rotatable bonds is 11. The molecule has 0 aliphatic heterocycles. The maximum absolute atomic E-state index is 12.9. The van der Waals surface area contributed by atoms with Gasteiger partial charge >= 0.3 is 5.97 Å². The molecule has 1 aromatic carbocycles. The van der Waals surface area contributed by atoms with Gasteiger partial charge in [0.05, 0.1) is 38.7 Å². The van der Waals surface area contributed by atoms with Crippen LogP contribution in [-0.4, -0.2) is 49.7 Å². The Kier molecular flexibility index (Phi) is 9.62. The molecule has 142 valence electrons. The molecule has 0 radical (unpaired) electrons. The molecule has 1 amide bonds. The van der Waals surface area contributed by atoms with Gasteiger partial charge in [0.2, 0.25) is 0 Å². The molecule has 7 heteroatoms. The predicted octanol–water partition coefficient (Wildman–Crippen LogP) is 2.79. The Morgan fingerprint density at radius 2 is 1.62 bits per heavy atom. The number of nitrogens with zero attached hydrogens (tertiary/aromatic N) is 2. The van der Waals surface area contributed by atoms with Crippen molar-refractivity contribution >= 4 is 11.9 Å². The summed E-state index contributed by atoms with van der Waals surface area (Å²) in [6.07, 6.45) is 0.256. The highest BCUT2D eigenvalue weighted by molar-refractivity contribution is 5.95. The Labute approximate surface area is 154 Å². The van der Waals surface area contributed by atoms with Gasteiger partial charge in [-0.15, -0.1) is 0 Å². The molecule has 0 fully saturated rings. The average Bonchev–Trinajstić information content (AvgIpc) is 2.62. The molecule has 0 atom stereocenters. The van der Waals surface area contributed by atoms with Crippen LogP contribution in [0.1, 0.15) is 44.0 Å². The van der Waals surface area contributed by atoms with Crippen LogP contribution in [0.5, 0.6) is 11.5 Å². The largest absolute Gasteiger partial charge is 0.494 e. The van der Waals surface area contributed by atoms with Gasteiger partial charge in [0.1, 0.15) is 11.5 Å². The van der Waals surface area contributed by atoms with Crippen molar-refractivity contribution in [2.45, 2.75) is 33.6 Å². The Bertz CT molecular complexity index is 615. The lowest BCUT2D eigenvalue weighted by Crippen LogP contribution is -2.34. The SMILES string of the molecule is CCOC(=O)CCN(CCC#N)C(=O)c1cc(OCC)cc(OCC)c1. The number of benzene rings is 1. The normalized spacial score (nSPS) is 9.92. The highest BCUT2D eigenvalue weighted by atomic mass is 16.5. The highest BCUT2D eigenvalue weighted by Gasteiger charge is 2.19. The Morgan fingerprint density at radius 1 is 1.00 bits per heavy atom. The number of carbonyl (C=O) groups is 2. The molecule has 0 heterocycles. The summed E-state index contributed by atoms with van der Waals surface area (Å²) in [5.41, 5.74) is 0.390. The van der Waals surface area contributed by atoms with Crippen LogP contribution in [0.3, 0.4) is 0 Å². The molecule has 1 rings (SSSR count). The van der Waals surface area contributed by atoms with Gasteiger partial charge in [0, 0.05) is 24.7 Å². The Balaban J connectivity index is 3.00. The fraction of sp³-hybridized carbons (Fsp3) is 0.526. The molecule has 0 N–H and O–H groups in total. The lowest BCUT2D eigenvalue weighted by molar-refractivity contribution is -0.143. The predicted molar refractivity (Wildman–Crippen MR) is 96.2 cm³/mol. The standard InChI is InChI=1S/C19H26N2O5/c1-4-24-16-12-15(13-17(14-16)25-5-2)19(23)21(10-7-9-20)11-8-18(22)26-6-3/h12-14H,4-8,10-11H2,1-3H3. The topological polar surface area (TPSA) is 88.9 Å². The van der Waals surface area contributed by atoms with Crippen molar-refractivity contribution in [1.29, 1.82) is 5.26 Å². The summed E-state index contributed by atoms with van der Waals surface area (Å²) >= 11 is 0. The van der Waals surface area contributed by atoms with E-state index in [2.05, 4.69) is 0 Å². The third-order valence-electron chi connectivity index (χ3n) is 3.42. The number of carbonyl (C=O) groups excluding carboxylic acids is 2. The van der Waals surface area contributed by atoms with Crippen LogP contribution in [-0.2, 0) is 9.53 Å². The van der Waals surface area contributed by atoms with Crippen molar-refractivity contribution in [2.24, 2.45) is 0 Å². The van der Waals surface area contributed by atoms with E-state index in [9.17, 15) is 9.59 Å². The first-order valence-electron chi connectivity index (χ1n) is 8.78. The van der Waals surface area contributed by atoms with E-state index in [0.717, 1.165) is 0 Å². The molecule has 0 aromatic heterocycles. The summed E-state index contributed by atoms with van der Waals surface area (Å²) in [6, 6.07) is 7.02. The second-order valence-corrected chi connectivity index (χ2v) is 5.31. The van der Waals surface area contributed by atoms with Crippen molar-refractivity contribution < 1.29 is 23.8 Å². The van der Waals surface area contributed by atoms with Crippen molar-refractivity contribution in [2.75, 3.05) is 32.9 Å². The molecular formula is C19H26N2O5. The number of nitriles is 1. The van der Waals surface area contributed by atoms with E-state index in [4.69, 9.17) is 19.5 Å². The summed E-state index contributed by atoms with van der Waals surface area (Å²) in [6.45, 7) is 7.07. The summed E-state index contributed by atoms with van der Waals surface area (Å²) in [5.74, 6) is 0.409. The van der Waals surface area contributed by atoms with Crippen LogP contribution in [0.25, 0.3) is 0 Å². The zero-order valence-corrected chi connectivity index (χ0v) is 15.6. The van der Waals surface area contributed by atoms with Crippen molar-refractivity contribution in [1.82, 2.24) is 4.90 Å². The summed E-state index contributed by atoms with van der Waals surface area (Å²) in [7, 11) is 0. The van der Waals surface area contributed by atoms with E-state index in [1.165, 1.54) is 4.90 Å². The smallest absolute Gasteiger partial charge is 0.307 e. The maximum atomic E-state index is 12.9. The molecule has 0 saturated heterocycles. The molecule has 0 unspecified atom stereocenters. The molecule has 0 saturated carbocycles. The van der Waals surface area contributed by atoms with Gasteiger partial charge in [-0.1, -0.05) is 0 Å². The van der Waals surface area contributed by atoms with E-state index >= 15 is 0 Å². The molecule has 1 aromatic rings. The van der Waals surface area contributed by atoms with Crippen molar-refractivity contribution in [3.8, 4) is 17.6 Å². The first-order chi connectivity index (χ1) is 12.5. The van der Waals surface area contributed by atoms with Crippen LogP contribution in [0.2, 0.25) is 0 Å². The number of esters is 1. The van der Waals surface area contributed by atoms with Gasteiger partial charge in [0.15, 0.2) is 0 Å². The fourth-order valence-electron chi connectivity index (χ4n) is 2.34. The summed E-state index contributed by atoms with van der Waals surface area (Å²) < 4.78 is 15.9. The van der Waals surface area contributed by atoms with Gasteiger partial charge in [-0.3, -0.25) is 9.59 Å². The first kappa shape index (κ1) is 21.3. The van der Waals surface area contributed by atoms with Crippen molar-refractivity contribution in [3.63, 3.8) is 0 Å². The summed E-state index contributed by atoms with van der Waals surface area (Å²) in [5, 5.41) is 8.84. The third kappa shape index (κ3) is 7.01. The maximum Gasteiger partial charge on any atom is 0.307 e. The van der Waals surface area contributed by atoms with Gasteiger partial charge in [-0.2, -0.15) is 5.26 Å². The summed E-state index contributed by atoms with van der Waals surface area (Å²) in [4.78, 5) is 26.0. The van der Waals surface area contributed by atoms with Crippen LogP contribution in [0.15, 0.2) is 18.2 Å². The minimum absolute atomic E-state index is 0.0779.